The van der Waals surface area contributed by atoms with Crippen molar-refractivity contribution >= 4 is 12.3 Å². The molecule has 0 aliphatic carbocycles. The Hall–Kier alpha value is -3.56. The summed E-state index contributed by atoms with van der Waals surface area (Å²) in [6, 6.07) is 7.39. The highest BCUT2D eigenvalue weighted by Gasteiger charge is 2.41. The maximum Gasteiger partial charge on any atom is 0.434 e. The van der Waals surface area contributed by atoms with E-state index in [0.29, 0.717) is 11.0 Å². The number of carbonyl (C=O) groups is 2. The van der Waals surface area contributed by atoms with Crippen molar-refractivity contribution in [3.8, 4) is 17.1 Å². The van der Waals surface area contributed by atoms with Gasteiger partial charge in [0.15, 0.2) is 17.8 Å². The standard InChI is InChI=1S/C19H13F4N3O3/c1-2-29-18(28)14-9-24-26(17(14)19(21,22)23)16-5-3-4-15(25-16)13-8-12(20)7-6-11(13)10-27/h3-10H,2H2,1H3. The minimum atomic E-state index is -4.93. The van der Waals surface area contributed by atoms with Crippen molar-refractivity contribution < 1.29 is 31.9 Å². The number of hydrogen-bond donors (Lipinski definition) is 0. The van der Waals surface area contributed by atoms with E-state index in [1.807, 2.05) is 0 Å². The molecule has 0 atom stereocenters. The molecule has 1 aromatic carbocycles. The lowest BCUT2D eigenvalue weighted by atomic mass is 10.0. The molecule has 0 N–H and O–H groups in total. The van der Waals surface area contributed by atoms with Gasteiger partial charge in [0, 0.05) is 11.1 Å². The first-order valence-electron chi connectivity index (χ1n) is 8.31. The second kappa shape index (κ2) is 7.82. The summed E-state index contributed by atoms with van der Waals surface area (Å²) in [5, 5.41) is 3.64. The lowest BCUT2D eigenvalue weighted by molar-refractivity contribution is -0.143. The zero-order valence-electron chi connectivity index (χ0n) is 14.9. The third-order valence-electron chi connectivity index (χ3n) is 3.90. The van der Waals surface area contributed by atoms with E-state index in [1.165, 1.54) is 31.2 Å². The average Bonchev–Trinajstić information content (AvgIpc) is 3.14. The summed E-state index contributed by atoms with van der Waals surface area (Å²) in [6.45, 7) is 1.35. The summed E-state index contributed by atoms with van der Waals surface area (Å²) >= 11 is 0. The third kappa shape index (κ3) is 4.00. The first-order valence-corrected chi connectivity index (χ1v) is 8.31. The van der Waals surface area contributed by atoms with Crippen molar-refractivity contribution in [1.82, 2.24) is 14.8 Å². The maximum atomic E-state index is 13.6. The molecule has 150 valence electrons. The Morgan fingerprint density at radius 2 is 2.00 bits per heavy atom. The van der Waals surface area contributed by atoms with Crippen molar-refractivity contribution in [3.63, 3.8) is 0 Å². The molecule has 0 saturated heterocycles. The van der Waals surface area contributed by atoms with Gasteiger partial charge in [0.2, 0.25) is 0 Å². The molecule has 0 aliphatic rings. The van der Waals surface area contributed by atoms with Crippen LogP contribution >= 0.6 is 0 Å². The van der Waals surface area contributed by atoms with Crippen LogP contribution in [0.4, 0.5) is 17.6 Å². The van der Waals surface area contributed by atoms with Gasteiger partial charge in [-0.3, -0.25) is 4.79 Å². The van der Waals surface area contributed by atoms with E-state index in [0.717, 1.165) is 18.3 Å². The average molecular weight is 407 g/mol. The molecule has 29 heavy (non-hydrogen) atoms. The van der Waals surface area contributed by atoms with Gasteiger partial charge in [0.05, 0.1) is 18.5 Å². The number of halogens is 4. The van der Waals surface area contributed by atoms with E-state index < -0.39 is 29.2 Å². The zero-order chi connectivity index (χ0) is 21.2. The van der Waals surface area contributed by atoms with E-state index >= 15 is 0 Å². The highest BCUT2D eigenvalue weighted by atomic mass is 19.4. The van der Waals surface area contributed by atoms with E-state index in [-0.39, 0.29) is 29.2 Å². The van der Waals surface area contributed by atoms with Crippen LogP contribution in [0, 0.1) is 5.82 Å². The predicted octanol–water partition coefficient (Wildman–Crippen LogP) is 4.08. The van der Waals surface area contributed by atoms with Gasteiger partial charge in [-0.1, -0.05) is 6.07 Å². The number of carbonyl (C=O) groups excluding carboxylic acids is 2. The number of nitrogens with zero attached hydrogens (tertiary/aromatic N) is 3. The molecular weight excluding hydrogens is 394 g/mol. The fourth-order valence-electron chi connectivity index (χ4n) is 2.70. The highest BCUT2D eigenvalue weighted by molar-refractivity contribution is 5.91. The number of ether oxygens (including phenoxy) is 1. The van der Waals surface area contributed by atoms with Crippen LogP contribution in [0.2, 0.25) is 0 Å². The van der Waals surface area contributed by atoms with E-state index in [1.54, 1.807) is 0 Å². The Morgan fingerprint density at radius 1 is 1.24 bits per heavy atom. The Kier molecular flexibility index (Phi) is 5.44. The Balaban J connectivity index is 2.17. The molecule has 0 amide bonds. The number of aromatic nitrogens is 3. The number of hydrogen-bond acceptors (Lipinski definition) is 5. The molecule has 2 heterocycles. The molecule has 0 radical (unpaired) electrons. The summed E-state index contributed by atoms with van der Waals surface area (Å²) in [4.78, 5) is 27.2. The van der Waals surface area contributed by atoms with Crippen LogP contribution in [0.5, 0.6) is 0 Å². The normalized spacial score (nSPS) is 11.3. The quantitative estimate of drug-likeness (QED) is 0.362. The molecular formula is C19H13F4N3O3. The highest BCUT2D eigenvalue weighted by Crippen LogP contribution is 2.34. The van der Waals surface area contributed by atoms with Gasteiger partial charge in [-0.25, -0.2) is 18.9 Å². The van der Waals surface area contributed by atoms with Crippen molar-refractivity contribution in [2.45, 2.75) is 13.1 Å². The SMILES string of the molecule is CCOC(=O)c1cnn(-c2cccc(-c3cc(F)ccc3C=O)n2)c1C(F)(F)F. The molecule has 0 spiro atoms. The lowest BCUT2D eigenvalue weighted by Crippen LogP contribution is -2.19. The van der Waals surface area contributed by atoms with Gasteiger partial charge in [-0.15, -0.1) is 0 Å². The third-order valence-corrected chi connectivity index (χ3v) is 3.90. The Morgan fingerprint density at radius 3 is 2.66 bits per heavy atom. The minimum absolute atomic E-state index is 0.0606. The summed E-state index contributed by atoms with van der Waals surface area (Å²) in [6.07, 6.45) is -3.70. The van der Waals surface area contributed by atoms with Crippen molar-refractivity contribution in [2.75, 3.05) is 6.61 Å². The Labute approximate surface area is 161 Å². The topological polar surface area (TPSA) is 74.1 Å². The molecule has 0 fully saturated rings. The van der Waals surface area contributed by atoms with Gasteiger partial charge in [0.1, 0.15) is 11.4 Å². The second-order valence-electron chi connectivity index (χ2n) is 5.77. The van der Waals surface area contributed by atoms with Crippen LogP contribution < -0.4 is 0 Å². The molecule has 0 saturated carbocycles. The number of alkyl halides is 3. The molecule has 2 aromatic heterocycles. The zero-order valence-corrected chi connectivity index (χ0v) is 14.9. The van der Waals surface area contributed by atoms with Crippen molar-refractivity contribution in [1.29, 1.82) is 0 Å². The lowest BCUT2D eigenvalue weighted by Gasteiger charge is -2.13. The van der Waals surface area contributed by atoms with Gasteiger partial charge in [-0.05, 0) is 37.3 Å². The van der Waals surface area contributed by atoms with Gasteiger partial charge in [0.25, 0.3) is 0 Å². The number of rotatable bonds is 5. The molecule has 0 bridgehead atoms. The van der Waals surface area contributed by atoms with E-state index in [9.17, 15) is 27.2 Å². The van der Waals surface area contributed by atoms with Crippen LogP contribution in [0.15, 0.2) is 42.6 Å². The van der Waals surface area contributed by atoms with Crippen LogP contribution in [-0.4, -0.2) is 33.6 Å². The number of benzene rings is 1. The minimum Gasteiger partial charge on any atom is -0.462 e. The molecule has 3 rings (SSSR count). The van der Waals surface area contributed by atoms with Crippen molar-refractivity contribution in [3.05, 3.63) is 65.2 Å². The number of esters is 1. The van der Waals surface area contributed by atoms with Crippen LogP contribution in [-0.2, 0) is 10.9 Å². The molecule has 3 aromatic rings. The fourth-order valence-corrected chi connectivity index (χ4v) is 2.70. The van der Waals surface area contributed by atoms with Gasteiger partial charge >= 0.3 is 12.1 Å². The van der Waals surface area contributed by atoms with Crippen LogP contribution in [0.1, 0.15) is 33.3 Å². The number of aldehydes is 1. The monoisotopic (exact) mass is 407 g/mol. The first-order chi connectivity index (χ1) is 13.8. The summed E-state index contributed by atoms with van der Waals surface area (Å²) < 4.78 is 59.6. The van der Waals surface area contributed by atoms with Crippen LogP contribution in [0.25, 0.3) is 17.1 Å². The van der Waals surface area contributed by atoms with Crippen molar-refractivity contribution in [2.24, 2.45) is 0 Å². The summed E-state index contributed by atoms with van der Waals surface area (Å²) in [5.41, 5.74) is -1.83. The maximum absolute atomic E-state index is 13.6. The first kappa shape index (κ1) is 20.2. The van der Waals surface area contributed by atoms with E-state index in [2.05, 4.69) is 14.8 Å². The Bertz CT molecular complexity index is 1080. The van der Waals surface area contributed by atoms with Gasteiger partial charge < -0.3 is 4.74 Å². The number of pyridine rings is 1. The fraction of sp³-hybridized carbons (Fsp3) is 0.158. The van der Waals surface area contributed by atoms with E-state index in [4.69, 9.17) is 0 Å². The summed E-state index contributed by atoms with van der Waals surface area (Å²) in [7, 11) is 0. The summed E-state index contributed by atoms with van der Waals surface area (Å²) in [5.74, 6) is -2.08. The predicted molar refractivity (Wildman–Crippen MR) is 93.1 cm³/mol. The molecule has 0 aliphatic heterocycles. The van der Waals surface area contributed by atoms with Crippen LogP contribution in [0.3, 0.4) is 0 Å². The molecule has 6 nitrogen and oxygen atoms in total. The molecule has 10 heteroatoms. The largest absolute Gasteiger partial charge is 0.462 e. The second-order valence-corrected chi connectivity index (χ2v) is 5.77. The smallest absolute Gasteiger partial charge is 0.434 e. The molecule has 0 unspecified atom stereocenters. The van der Waals surface area contributed by atoms with Gasteiger partial charge in [-0.2, -0.15) is 18.3 Å².